The van der Waals surface area contributed by atoms with E-state index < -0.39 is 11.8 Å². The monoisotopic (exact) mass is 394 g/mol. The smallest absolute Gasteiger partial charge is 0.352 e. The average molecular weight is 395 g/mol. The number of esters is 1. The summed E-state index contributed by atoms with van der Waals surface area (Å²) in [6.07, 6.45) is -0.289. The van der Waals surface area contributed by atoms with Gasteiger partial charge in [-0.1, -0.05) is 11.6 Å². The first-order valence-electron chi connectivity index (χ1n) is 7.83. The molecule has 0 bridgehead atoms. The largest absolute Gasteiger partial charge is 0.494 e. The number of rotatable bonds is 5. The molecule has 0 saturated heterocycles. The summed E-state index contributed by atoms with van der Waals surface area (Å²) in [7, 11) is 1.38. The Bertz CT molecular complexity index is 950. The maximum atomic E-state index is 14.1. The first kappa shape index (κ1) is 18.5. The van der Waals surface area contributed by atoms with E-state index in [4.69, 9.17) is 25.8 Å². The molecule has 3 aromatic rings. The van der Waals surface area contributed by atoms with Crippen LogP contribution < -0.4 is 9.47 Å². The quantitative estimate of drug-likeness (QED) is 0.493. The van der Waals surface area contributed by atoms with Crippen LogP contribution in [0.2, 0.25) is 5.02 Å². The van der Waals surface area contributed by atoms with Gasteiger partial charge in [0.05, 0.1) is 13.2 Å². The van der Waals surface area contributed by atoms with Gasteiger partial charge in [0.2, 0.25) is 0 Å². The zero-order valence-corrected chi connectivity index (χ0v) is 15.9. The summed E-state index contributed by atoms with van der Waals surface area (Å²) in [4.78, 5) is 12.8. The van der Waals surface area contributed by atoms with Crippen molar-refractivity contribution < 1.29 is 23.4 Å². The van der Waals surface area contributed by atoms with Crippen molar-refractivity contribution in [2.24, 2.45) is 0 Å². The van der Waals surface area contributed by atoms with E-state index in [9.17, 15) is 9.18 Å². The highest BCUT2D eigenvalue weighted by Gasteiger charge is 2.24. The second-order valence-corrected chi connectivity index (χ2v) is 7.24. The molecule has 0 aliphatic rings. The number of carbonyl (C=O) groups excluding carboxylic acids is 1. The van der Waals surface area contributed by atoms with E-state index in [1.807, 2.05) is 0 Å². The van der Waals surface area contributed by atoms with Crippen LogP contribution in [0.1, 0.15) is 23.5 Å². The zero-order valence-electron chi connectivity index (χ0n) is 14.3. The van der Waals surface area contributed by atoms with Gasteiger partial charge in [0.1, 0.15) is 5.75 Å². The minimum Gasteiger partial charge on any atom is -0.494 e. The molecule has 0 amide bonds. The van der Waals surface area contributed by atoms with Crippen LogP contribution in [-0.4, -0.2) is 19.2 Å². The molecular weight excluding hydrogens is 379 g/mol. The van der Waals surface area contributed by atoms with Crippen LogP contribution in [0.3, 0.4) is 0 Å². The summed E-state index contributed by atoms with van der Waals surface area (Å²) in [5.41, 5.74) is 0. The van der Waals surface area contributed by atoms with E-state index in [-0.39, 0.29) is 16.7 Å². The number of thiophene rings is 1. The van der Waals surface area contributed by atoms with Gasteiger partial charge in [0, 0.05) is 15.1 Å². The molecule has 0 radical (unpaired) electrons. The molecule has 1 heterocycles. The highest BCUT2D eigenvalue weighted by molar-refractivity contribution is 7.21. The number of benzene rings is 2. The molecule has 3 rings (SSSR count). The molecule has 2 aromatic carbocycles. The van der Waals surface area contributed by atoms with Crippen LogP contribution in [-0.2, 0) is 4.74 Å². The maximum absolute atomic E-state index is 14.1. The van der Waals surface area contributed by atoms with Gasteiger partial charge in [-0.25, -0.2) is 9.18 Å². The molecule has 136 valence electrons. The third-order valence-electron chi connectivity index (χ3n) is 3.48. The molecule has 1 aromatic heterocycles. The summed E-state index contributed by atoms with van der Waals surface area (Å²) < 4.78 is 30.9. The summed E-state index contributed by atoms with van der Waals surface area (Å²) in [5.74, 6) is -0.167. The number of ether oxygens (including phenoxy) is 3. The topological polar surface area (TPSA) is 44.8 Å². The van der Waals surface area contributed by atoms with Crippen molar-refractivity contribution in [2.45, 2.75) is 20.0 Å². The van der Waals surface area contributed by atoms with Crippen molar-refractivity contribution in [3.63, 3.8) is 0 Å². The summed E-state index contributed by atoms with van der Waals surface area (Å²) >= 11 is 7.01. The lowest BCUT2D eigenvalue weighted by Crippen LogP contribution is -2.10. The van der Waals surface area contributed by atoms with Crippen LogP contribution in [0.4, 0.5) is 4.39 Å². The Morgan fingerprint density at radius 3 is 2.50 bits per heavy atom. The molecule has 0 fully saturated rings. The van der Waals surface area contributed by atoms with Gasteiger partial charge in [-0.15, -0.1) is 11.3 Å². The van der Waals surface area contributed by atoms with Crippen LogP contribution in [0.25, 0.3) is 10.1 Å². The van der Waals surface area contributed by atoms with E-state index in [1.165, 1.54) is 19.2 Å². The van der Waals surface area contributed by atoms with E-state index in [0.29, 0.717) is 26.6 Å². The maximum Gasteiger partial charge on any atom is 0.352 e. The van der Waals surface area contributed by atoms with Crippen LogP contribution >= 0.6 is 22.9 Å². The number of fused-ring (bicyclic) bond motifs is 1. The molecule has 0 aliphatic heterocycles. The Kier molecular flexibility index (Phi) is 5.34. The van der Waals surface area contributed by atoms with Gasteiger partial charge >= 0.3 is 5.97 Å². The van der Waals surface area contributed by atoms with E-state index in [1.54, 1.807) is 38.1 Å². The average Bonchev–Trinajstić information content (AvgIpc) is 2.93. The van der Waals surface area contributed by atoms with Crippen LogP contribution in [0.5, 0.6) is 17.2 Å². The third-order valence-corrected chi connectivity index (χ3v) is 4.84. The van der Waals surface area contributed by atoms with Crippen molar-refractivity contribution in [3.05, 3.63) is 52.1 Å². The number of methoxy groups -OCH3 is 1. The summed E-state index contributed by atoms with van der Waals surface area (Å²) in [6.45, 7) is 3.52. The Labute approximate surface area is 159 Å². The summed E-state index contributed by atoms with van der Waals surface area (Å²) in [5, 5.41) is 1.13. The Hall–Kier alpha value is -2.31. The number of hydrogen-bond acceptors (Lipinski definition) is 5. The van der Waals surface area contributed by atoms with Gasteiger partial charge in [-0.2, -0.15) is 0 Å². The van der Waals surface area contributed by atoms with Gasteiger partial charge in [-0.3, -0.25) is 0 Å². The molecule has 0 unspecified atom stereocenters. The first-order chi connectivity index (χ1) is 12.4. The van der Waals surface area contributed by atoms with Gasteiger partial charge in [-0.05, 0) is 50.2 Å². The summed E-state index contributed by atoms with van der Waals surface area (Å²) in [6, 6.07) is 9.56. The lowest BCUT2D eigenvalue weighted by atomic mass is 10.2. The SMILES string of the molecule is COc1cc2c(Oc3ccc(Cl)cc3)c(C(=O)OC(C)C)sc2cc1F. The molecular formula is C19H16ClFO4S. The van der Waals surface area contributed by atoms with Crippen molar-refractivity contribution in [1.29, 1.82) is 0 Å². The lowest BCUT2D eigenvalue weighted by Gasteiger charge is -2.10. The van der Waals surface area contributed by atoms with Crippen molar-refractivity contribution >= 4 is 39.0 Å². The fourth-order valence-electron chi connectivity index (χ4n) is 2.36. The van der Waals surface area contributed by atoms with Crippen LogP contribution in [0, 0.1) is 5.82 Å². The minimum absolute atomic E-state index is 0.0695. The van der Waals surface area contributed by atoms with Gasteiger partial charge < -0.3 is 14.2 Å². The normalized spacial score (nSPS) is 11.0. The highest BCUT2D eigenvalue weighted by atomic mass is 35.5. The zero-order chi connectivity index (χ0) is 18.8. The van der Waals surface area contributed by atoms with E-state index in [2.05, 4.69) is 0 Å². The standard InChI is InChI=1S/C19H16ClFO4S/c1-10(2)24-19(22)18-17(25-12-6-4-11(20)5-7-12)13-8-15(23-3)14(21)9-16(13)26-18/h4-10H,1-3H3. The Morgan fingerprint density at radius 2 is 1.88 bits per heavy atom. The van der Waals surface area contributed by atoms with E-state index in [0.717, 1.165) is 11.3 Å². The second kappa shape index (κ2) is 7.51. The lowest BCUT2D eigenvalue weighted by molar-refractivity contribution is 0.0381. The molecule has 7 heteroatoms. The minimum atomic E-state index is -0.524. The molecule has 0 saturated carbocycles. The fourth-order valence-corrected chi connectivity index (χ4v) is 3.50. The van der Waals surface area contributed by atoms with Crippen molar-refractivity contribution in [3.8, 4) is 17.2 Å². The molecule has 0 N–H and O–H groups in total. The number of hydrogen-bond donors (Lipinski definition) is 0. The first-order valence-corrected chi connectivity index (χ1v) is 9.03. The van der Waals surface area contributed by atoms with Crippen LogP contribution in [0.15, 0.2) is 36.4 Å². The van der Waals surface area contributed by atoms with Gasteiger partial charge in [0.25, 0.3) is 0 Å². The third kappa shape index (κ3) is 3.76. The molecule has 0 spiro atoms. The Balaban J connectivity index is 2.14. The van der Waals surface area contributed by atoms with Gasteiger partial charge in [0.15, 0.2) is 22.2 Å². The fraction of sp³-hybridized carbons (Fsp3) is 0.211. The predicted octanol–water partition coefficient (Wildman–Crippen LogP) is 6.06. The second-order valence-electron chi connectivity index (χ2n) is 5.75. The molecule has 4 nitrogen and oxygen atoms in total. The molecule has 0 aliphatic carbocycles. The predicted molar refractivity (Wildman–Crippen MR) is 100 cm³/mol. The highest BCUT2D eigenvalue weighted by Crippen LogP contribution is 2.43. The molecule has 0 atom stereocenters. The molecule has 26 heavy (non-hydrogen) atoms. The number of halogens is 2. The number of carbonyl (C=O) groups is 1. The van der Waals surface area contributed by atoms with E-state index >= 15 is 0 Å². The Morgan fingerprint density at radius 1 is 1.19 bits per heavy atom. The van der Waals surface area contributed by atoms with Crippen molar-refractivity contribution in [1.82, 2.24) is 0 Å². The van der Waals surface area contributed by atoms with Crippen molar-refractivity contribution in [2.75, 3.05) is 7.11 Å².